The Hall–Kier alpha value is -2.57. The first kappa shape index (κ1) is 16.9. The summed E-state index contributed by atoms with van der Waals surface area (Å²) in [6.07, 6.45) is 1.55. The molecule has 1 aliphatic heterocycles. The van der Waals surface area contributed by atoms with Crippen molar-refractivity contribution in [3.63, 3.8) is 0 Å². The summed E-state index contributed by atoms with van der Waals surface area (Å²) in [5, 5.41) is 3.92. The van der Waals surface area contributed by atoms with Crippen molar-refractivity contribution in [1.82, 2.24) is 0 Å². The third-order valence-corrected chi connectivity index (χ3v) is 5.53. The summed E-state index contributed by atoms with van der Waals surface area (Å²) in [5.74, 6) is 1.03. The minimum absolute atomic E-state index is 0.139. The maximum Gasteiger partial charge on any atom is 0.339 e. The number of carbonyl (C=O) groups excluding carboxylic acids is 1. The van der Waals surface area contributed by atoms with E-state index in [1.165, 1.54) is 11.3 Å². The number of hydrogen-bond acceptors (Lipinski definition) is 6. The molecule has 0 saturated carbocycles. The van der Waals surface area contributed by atoms with Gasteiger partial charge in [0.15, 0.2) is 17.6 Å². The van der Waals surface area contributed by atoms with E-state index in [1.807, 2.05) is 65.4 Å². The summed E-state index contributed by atoms with van der Waals surface area (Å²) in [7, 11) is 0. The van der Waals surface area contributed by atoms with Crippen molar-refractivity contribution >= 4 is 40.3 Å². The van der Waals surface area contributed by atoms with Gasteiger partial charge in [-0.05, 0) is 41.1 Å². The smallest absolute Gasteiger partial charge is 0.339 e. The maximum atomic E-state index is 12.7. The Balaban J connectivity index is 1.44. The van der Waals surface area contributed by atoms with Gasteiger partial charge in [-0.3, -0.25) is 0 Å². The summed E-state index contributed by atoms with van der Waals surface area (Å²) >= 11 is 3.09. The molecule has 132 valence electrons. The number of hydrogen-bond donors (Lipinski definition) is 0. The summed E-state index contributed by atoms with van der Waals surface area (Å²) in [5.41, 5.74) is 0.555. The van der Waals surface area contributed by atoms with Gasteiger partial charge in [0, 0.05) is 9.75 Å². The van der Waals surface area contributed by atoms with E-state index >= 15 is 0 Å². The largest absolute Gasteiger partial charge is 0.486 e. The fourth-order valence-electron chi connectivity index (χ4n) is 2.57. The normalized spacial score (nSPS) is 16.3. The zero-order chi connectivity index (χ0) is 17.8. The van der Waals surface area contributed by atoms with Crippen LogP contribution in [0.5, 0.6) is 11.5 Å². The molecule has 0 radical (unpaired) electrons. The van der Waals surface area contributed by atoms with E-state index in [4.69, 9.17) is 14.2 Å². The van der Waals surface area contributed by atoms with Crippen LogP contribution < -0.4 is 9.47 Å². The zero-order valence-corrected chi connectivity index (χ0v) is 15.4. The number of esters is 1. The number of thiophene rings is 2. The van der Waals surface area contributed by atoms with Crippen LogP contribution in [0.3, 0.4) is 0 Å². The molecule has 3 heterocycles. The average Bonchev–Trinajstić information content (AvgIpc) is 3.37. The number of ether oxygens (including phenoxy) is 3. The first-order chi connectivity index (χ1) is 12.8. The van der Waals surface area contributed by atoms with Gasteiger partial charge in [0.1, 0.15) is 13.2 Å². The van der Waals surface area contributed by atoms with E-state index in [0.717, 1.165) is 9.75 Å². The van der Waals surface area contributed by atoms with Crippen LogP contribution in [0, 0.1) is 0 Å². The number of benzene rings is 1. The minimum Gasteiger partial charge on any atom is -0.486 e. The van der Waals surface area contributed by atoms with Crippen LogP contribution >= 0.6 is 22.7 Å². The predicted octanol–water partition coefficient (Wildman–Crippen LogP) is 4.73. The Labute approximate surface area is 159 Å². The minimum atomic E-state index is -0.358. The molecular weight excluding hydrogens is 368 g/mol. The molecular formula is C20H16O4S2. The van der Waals surface area contributed by atoms with E-state index < -0.39 is 0 Å². The van der Waals surface area contributed by atoms with Gasteiger partial charge in [0.2, 0.25) is 0 Å². The first-order valence-electron chi connectivity index (χ1n) is 8.14. The van der Waals surface area contributed by atoms with E-state index in [0.29, 0.717) is 23.7 Å². The van der Waals surface area contributed by atoms with Crippen LogP contribution in [0.15, 0.2) is 59.3 Å². The second-order valence-corrected chi connectivity index (χ2v) is 7.57. The third-order valence-electron chi connectivity index (χ3n) is 3.80. The zero-order valence-electron chi connectivity index (χ0n) is 13.8. The first-order valence-corrected chi connectivity index (χ1v) is 9.90. The van der Waals surface area contributed by atoms with Gasteiger partial charge in [-0.25, -0.2) is 4.79 Å². The van der Waals surface area contributed by atoms with Crippen LogP contribution in [0.1, 0.15) is 9.75 Å². The van der Waals surface area contributed by atoms with Crippen LogP contribution in [0.25, 0.3) is 11.6 Å². The second-order valence-electron chi connectivity index (χ2n) is 5.65. The second kappa shape index (κ2) is 7.76. The van der Waals surface area contributed by atoms with Crippen molar-refractivity contribution in [2.24, 2.45) is 0 Å². The van der Waals surface area contributed by atoms with Gasteiger partial charge in [-0.2, -0.15) is 0 Å². The average molecular weight is 384 g/mol. The van der Waals surface area contributed by atoms with Gasteiger partial charge < -0.3 is 14.2 Å². The van der Waals surface area contributed by atoms with Gasteiger partial charge in [0.25, 0.3) is 0 Å². The number of rotatable bonds is 5. The molecule has 0 spiro atoms. The Kier molecular flexibility index (Phi) is 5.04. The van der Waals surface area contributed by atoms with Crippen LogP contribution in [-0.2, 0) is 9.53 Å². The van der Waals surface area contributed by atoms with Crippen LogP contribution in [0.2, 0.25) is 0 Å². The summed E-state index contributed by atoms with van der Waals surface area (Å²) < 4.78 is 17.0. The third kappa shape index (κ3) is 3.81. The van der Waals surface area contributed by atoms with Crippen molar-refractivity contribution in [3.05, 3.63) is 69.0 Å². The number of fused-ring (bicyclic) bond motifs is 1. The Morgan fingerprint density at radius 3 is 2.65 bits per heavy atom. The van der Waals surface area contributed by atoms with Gasteiger partial charge in [-0.1, -0.05) is 24.3 Å². The van der Waals surface area contributed by atoms with Gasteiger partial charge >= 0.3 is 5.97 Å². The highest BCUT2D eigenvalue weighted by Gasteiger charge is 2.23. The summed E-state index contributed by atoms with van der Waals surface area (Å²) in [6, 6.07) is 15.2. The quantitative estimate of drug-likeness (QED) is 0.471. The van der Waals surface area contributed by atoms with Gasteiger partial charge in [-0.15, -0.1) is 22.7 Å². The molecule has 0 amide bonds. The molecule has 1 unspecified atom stereocenters. The Morgan fingerprint density at radius 2 is 1.88 bits per heavy atom. The van der Waals surface area contributed by atoms with Crippen molar-refractivity contribution in [2.75, 3.05) is 13.2 Å². The fourth-order valence-corrected chi connectivity index (χ4v) is 3.96. The lowest BCUT2D eigenvalue weighted by atomic mass is 10.2. The van der Waals surface area contributed by atoms with E-state index in [2.05, 4.69) is 0 Å². The monoisotopic (exact) mass is 384 g/mol. The molecule has 4 nitrogen and oxygen atoms in total. The molecule has 6 heteroatoms. The number of carbonyl (C=O) groups is 1. The lowest BCUT2D eigenvalue weighted by molar-refractivity contribution is -0.139. The van der Waals surface area contributed by atoms with Crippen LogP contribution in [-0.4, -0.2) is 25.3 Å². The molecule has 1 atom stereocenters. The highest BCUT2D eigenvalue weighted by Crippen LogP contribution is 2.31. The molecule has 1 aliphatic rings. The van der Waals surface area contributed by atoms with E-state index in [-0.39, 0.29) is 18.7 Å². The molecule has 1 aromatic carbocycles. The predicted molar refractivity (Wildman–Crippen MR) is 104 cm³/mol. The van der Waals surface area contributed by atoms with Crippen LogP contribution in [0.4, 0.5) is 0 Å². The molecule has 4 rings (SSSR count). The number of para-hydroxylation sites is 2. The molecule has 3 aromatic rings. The Bertz CT molecular complexity index is 898. The molecule has 0 saturated heterocycles. The van der Waals surface area contributed by atoms with Gasteiger partial charge in [0.05, 0.1) is 5.57 Å². The molecule has 2 aromatic heterocycles. The molecule has 26 heavy (non-hydrogen) atoms. The fraction of sp³-hybridized carbons (Fsp3) is 0.150. The highest BCUT2D eigenvalue weighted by molar-refractivity contribution is 7.12. The molecule has 0 bridgehead atoms. The molecule has 0 aliphatic carbocycles. The maximum absolute atomic E-state index is 12.7. The topological polar surface area (TPSA) is 44.8 Å². The summed E-state index contributed by atoms with van der Waals surface area (Å²) in [6.45, 7) is 0.494. The lowest BCUT2D eigenvalue weighted by Crippen LogP contribution is -2.34. The van der Waals surface area contributed by atoms with Crippen molar-refractivity contribution in [3.8, 4) is 11.5 Å². The summed E-state index contributed by atoms with van der Waals surface area (Å²) in [4.78, 5) is 14.6. The SMILES string of the molecule is O=C(OCC1COc2ccccc2O1)/C(=C/c1cccs1)c1cccs1. The van der Waals surface area contributed by atoms with Crippen molar-refractivity contribution < 1.29 is 19.0 Å². The van der Waals surface area contributed by atoms with E-state index in [9.17, 15) is 4.79 Å². The van der Waals surface area contributed by atoms with E-state index in [1.54, 1.807) is 11.3 Å². The molecule has 0 fully saturated rings. The standard InChI is InChI=1S/C20H16O4S2/c21-20(16(19-8-4-10-26-19)11-15-5-3-9-25-15)23-13-14-12-22-17-6-1-2-7-18(17)24-14/h1-11,14H,12-13H2/b16-11+. The van der Waals surface area contributed by atoms with Crippen molar-refractivity contribution in [2.45, 2.75) is 6.10 Å². The Morgan fingerprint density at radius 1 is 1.08 bits per heavy atom. The lowest BCUT2D eigenvalue weighted by Gasteiger charge is -2.26. The highest BCUT2D eigenvalue weighted by atomic mass is 32.1. The van der Waals surface area contributed by atoms with Crippen molar-refractivity contribution in [1.29, 1.82) is 0 Å². The molecule has 0 N–H and O–H groups in total.